The number of allylic oxidation sites excluding steroid dienone is 1. The maximum atomic E-state index is 14.6. The molecule has 7 heteroatoms. The minimum atomic E-state index is -5.25. The van der Waals surface area contributed by atoms with Gasteiger partial charge >= 0.3 is 6.36 Å². The molecular formula is C23H16F6O. The van der Waals surface area contributed by atoms with Crippen LogP contribution in [0.4, 0.5) is 26.3 Å². The van der Waals surface area contributed by atoms with Gasteiger partial charge < -0.3 is 4.74 Å². The van der Waals surface area contributed by atoms with Crippen LogP contribution >= 0.6 is 0 Å². The van der Waals surface area contributed by atoms with E-state index in [4.69, 9.17) is 0 Å². The van der Waals surface area contributed by atoms with E-state index in [0.717, 1.165) is 24.0 Å². The molecule has 3 aromatic carbocycles. The van der Waals surface area contributed by atoms with Gasteiger partial charge in [-0.25, -0.2) is 13.2 Å². The molecule has 0 saturated carbocycles. The lowest BCUT2D eigenvalue weighted by Crippen LogP contribution is -2.19. The molecule has 0 N–H and O–H groups in total. The molecule has 3 rings (SSSR count). The summed E-state index contributed by atoms with van der Waals surface area (Å²) >= 11 is 0. The minimum Gasteiger partial charge on any atom is -0.399 e. The van der Waals surface area contributed by atoms with Crippen LogP contribution in [0.5, 0.6) is 5.75 Å². The van der Waals surface area contributed by atoms with Crippen LogP contribution < -0.4 is 4.74 Å². The molecule has 0 aromatic heterocycles. The predicted octanol–water partition coefficient (Wildman–Crippen LogP) is 7.46. The van der Waals surface area contributed by atoms with Crippen LogP contribution in [0.1, 0.15) is 12.0 Å². The van der Waals surface area contributed by atoms with Gasteiger partial charge in [0.1, 0.15) is 5.82 Å². The molecule has 1 nitrogen and oxygen atoms in total. The van der Waals surface area contributed by atoms with Crippen molar-refractivity contribution in [1.82, 2.24) is 0 Å². The molecular weight excluding hydrogens is 406 g/mol. The molecule has 0 aliphatic heterocycles. The molecule has 0 saturated heterocycles. The quantitative estimate of drug-likeness (QED) is 0.296. The van der Waals surface area contributed by atoms with Crippen LogP contribution in [0.25, 0.3) is 22.3 Å². The molecule has 156 valence electrons. The standard InChI is InChI=1S/C23H16F6O/c1-2-3-4-14-5-7-15(8-6-14)16-9-10-18(19(24)11-16)17-12-20(25)22(21(26)13-17)30-23(27,28)29/h2,5-13H,1,3-4H2. The highest BCUT2D eigenvalue weighted by atomic mass is 19.4. The van der Waals surface area contributed by atoms with Crippen LogP contribution in [0.15, 0.2) is 67.3 Å². The highest BCUT2D eigenvalue weighted by Crippen LogP contribution is 2.34. The van der Waals surface area contributed by atoms with Crippen molar-refractivity contribution in [2.75, 3.05) is 0 Å². The summed E-state index contributed by atoms with van der Waals surface area (Å²) in [6.07, 6.45) is -1.77. The lowest BCUT2D eigenvalue weighted by molar-refractivity contribution is -0.276. The number of hydrogen-bond acceptors (Lipinski definition) is 1. The normalized spacial score (nSPS) is 11.4. The Morgan fingerprint density at radius 3 is 1.87 bits per heavy atom. The second-order valence-corrected chi connectivity index (χ2v) is 6.54. The fourth-order valence-electron chi connectivity index (χ4n) is 2.99. The van der Waals surface area contributed by atoms with Gasteiger partial charge in [0.05, 0.1) is 0 Å². The molecule has 0 spiro atoms. The molecule has 0 heterocycles. The SMILES string of the molecule is C=CCCc1ccc(-c2ccc(-c3cc(F)c(OC(F)(F)F)c(F)c3)c(F)c2)cc1. The van der Waals surface area contributed by atoms with Gasteiger partial charge in [-0.05, 0) is 53.3 Å². The summed E-state index contributed by atoms with van der Waals surface area (Å²) < 4.78 is 82.6. The highest BCUT2D eigenvalue weighted by Gasteiger charge is 2.34. The molecule has 0 atom stereocenters. The van der Waals surface area contributed by atoms with Gasteiger partial charge in [0.15, 0.2) is 11.6 Å². The maximum Gasteiger partial charge on any atom is 0.573 e. The van der Waals surface area contributed by atoms with E-state index in [1.165, 1.54) is 12.1 Å². The number of halogens is 6. The fraction of sp³-hybridized carbons (Fsp3) is 0.130. The maximum absolute atomic E-state index is 14.6. The van der Waals surface area contributed by atoms with Gasteiger partial charge in [0, 0.05) is 5.56 Å². The predicted molar refractivity (Wildman–Crippen MR) is 102 cm³/mol. The molecule has 0 unspecified atom stereocenters. The van der Waals surface area contributed by atoms with Crippen LogP contribution in [-0.4, -0.2) is 6.36 Å². The first-order valence-corrected chi connectivity index (χ1v) is 8.93. The summed E-state index contributed by atoms with van der Waals surface area (Å²) in [5.74, 6) is -5.52. The zero-order valence-electron chi connectivity index (χ0n) is 15.6. The lowest BCUT2D eigenvalue weighted by Gasteiger charge is -2.13. The third-order valence-electron chi connectivity index (χ3n) is 4.42. The second kappa shape index (κ2) is 8.65. The van der Waals surface area contributed by atoms with E-state index in [1.54, 1.807) is 6.07 Å². The van der Waals surface area contributed by atoms with Crippen molar-refractivity contribution in [2.45, 2.75) is 19.2 Å². The number of benzene rings is 3. The summed E-state index contributed by atoms with van der Waals surface area (Å²) in [6, 6.07) is 12.7. The van der Waals surface area contributed by atoms with Crippen molar-refractivity contribution in [3.63, 3.8) is 0 Å². The monoisotopic (exact) mass is 422 g/mol. The minimum absolute atomic E-state index is 0.155. The molecule has 30 heavy (non-hydrogen) atoms. The average molecular weight is 422 g/mol. The highest BCUT2D eigenvalue weighted by molar-refractivity contribution is 5.71. The van der Waals surface area contributed by atoms with E-state index >= 15 is 0 Å². The molecule has 0 aliphatic rings. The Bertz CT molecular complexity index is 1030. The van der Waals surface area contributed by atoms with Crippen molar-refractivity contribution < 1.29 is 31.1 Å². The van der Waals surface area contributed by atoms with Crippen molar-refractivity contribution >= 4 is 0 Å². The Balaban J connectivity index is 1.89. The summed E-state index contributed by atoms with van der Waals surface area (Å²) in [4.78, 5) is 0. The number of aryl methyl sites for hydroxylation is 1. The molecule has 0 fully saturated rings. The largest absolute Gasteiger partial charge is 0.573 e. The first-order chi connectivity index (χ1) is 14.2. The van der Waals surface area contributed by atoms with Crippen LogP contribution in [0.3, 0.4) is 0 Å². The summed E-state index contributed by atoms with van der Waals surface area (Å²) in [6.45, 7) is 3.67. The molecule has 0 bridgehead atoms. The van der Waals surface area contributed by atoms with Crippen molar-refractivity contribution in [3.05, 3.63) is 90.3 Å². The summed E-state index contributed by atoms with van der Waals surface area (Å²) in [5, 5.41) is 0. The number of rotatable bonds is 6. The van der Waals surface area contributed by atoms with E-state index in [9.17, 15) is 26.3 Å². The van der Waals surface area contributed by atoms with E-state index < -0.39 is 29.6 Å². The topological polar surface area (TPSA) is 9.23 Å². The Labute approximate surface area is 169 Å². The van der Waals surface area contributed by atoms with Crippen molar-refractivity contribution in [2.24, 2.45) is 0 Å². The Morgan fingerprint density at radius 1 is 0.767 bits per heavy atom. The zero-order valence-corrected chi connectivity index (χ0v) is 15.6. The Morgan fingerprint density at radius 2 is 1.33 bits per heavy atom. The third kappa shape index (κ3) is 5.03. The average Bonchev–Trinajstić information content (AvgIpc) is 2.68. The van der Waals surface area contributed by atoms with E-state index in [1.807, 2.05) is 30.3 Å². The second-order valence-electron chi connectivity index (χ2n) is 6.54. The number of ether oxygens (including phenoxy) is 1. The van der Waals surface area contributed by atoms with Gasteiger partial charge in [-0.1, -0.05) is 42.5 Å². The van der Waals surface area contributed by atoms with Gasteiger partial charge in [-0.15, -0.1) is 19.8 Å². The van der Waals surface area contributed by atoms with Crippen molar-refractivity contribution in [1.29, 1.82) is 0 Å². The molecule has 0 radical (unpaired) electrons. The van der Waals surface area contributed by atoms with Gasteiger partial charge in [-0.2, -0.15) is 0 Å². The van der Waals surface area contributed by atoms with E-state index in [2.05, 4.69) is 11.3 Å². The van der Waals surface area contributed by atoms with Crippen LogP contribution in [0.2, 0.25) is 0 Å². The number of alkyl halides is 3. The Kier molecular flexibility index (Phi) is 6.20. The third-order valence-corrected chi connectivity index (χ3v) is 4.42. The summed E-state index contributed by atoms with van der Waals surface area (Å²) in [7, 11) is 0. The van der Waals surface area contributed by atoms with Crippen LogP contribution in [-0.2, 0) is 6.42 Å². The molecule has 0 aliphatic carbocycles. The zero-order chi connectivity index (χ0) is 21.9. The lowest BCUT2D eigenvalue weighted by atomic mass is 9.98. The molecule has 0 amide bonds. The first kappa shape index (κ1) is 21.5. The van der Waals surface area contributed by atoms with Gasteiger partial charge in [-0.3, -0.25) is 0 Å². The first-order valence-electron chi connectivity index (χ1n) is 8.93. The van der Waals surface area contributed by atoms with Crippen LogP contribution in [0, 0.1) is 17.5 Å². The Hall–Kier alpha value is -3.22. The number of hydrogen-bond donors (Lipinski definition) is 0. The van der Waals surface area contributed by atoms with Crippen molar-refractivity contribution in [3.8, 4) is 28.0 Å². The molecule has 3 aromatic rings. The van der Waals surface area contributed by atoms with E-state index in [-0.39, 0.29) is 11.1 Å². The van der Waals surface area contributed by atoms with Gasteiger partial charge in [0.25, 0.3) is 0 Å². The van der Waals surface area contributed by atoms with E-state index in [0.29, 0.717) is 17.7 Å². The fourth-order valence-corrected chi connectivity index (χ4v) is 2.99. The van der Waals surface area contributed by atoms with Gasteiger partial charge in [0.2, 0.25) is 5.75 Å². The smallest absolute Gasteiger partial charge is 0.399 e. The summed E-state index contributed by atoms with van der Waals surface area (Å²) in [5.41, 5.74) is 1.99.